The van der Waals surface area contributed by atoms with E-state index in [1.807, 2.05) is 19.1 Å². The summed E-state index contributed by atoms with van der Waals surface area (Å²) in [6.45, 7) is 2.63. The molecule has 0 aliphatic carbocycles. The summed E-state index contributed by atoms with van der Waals surface area (Å²) >= 11 is 0. The summed E-state index contributed by atoms with van der Waals surface area (Å²) in [6.07, 6.45) is 1.04. The molecule has 0 spiro atoms. The van der Waals surface area contributed by atoms with Crippen molar-refractivity contribution in [2.24, 2.45) is 5.73 Å². The number of hydrogen-bond acceptors (Lipinski definition) is 5. The first kappa shape index (κ1) is 18.5. The van der Waals surface area contributed by atoms with Crippen LogP contribution in [0.25, 0.3) is 0 Å². The predicted octanol–water partition coefficient (Wildman–Crippen LogP) is 2.47. The van der Waals surface area contributed by atoms with Gasteiger partial charge in [-0.3, -0.25) is 4.79 Å². The minimum absolute atomic E-state index is 0. The molecule has 20 heavy (non-hydrogen) atoms. The highest BCUT2D eigenvalue weighted by Crippen LogP contribution is 2.30. The molecule has 114 valence electrons. The second-order valence-electron chi connectivity index (χ2n) is 4.15. The van der Waals surface area contributed by atoms with Gasteiger partial charge in [-0.15, -0.1) is 12.4 Å². The highest BCUT2D eigenvalue weighted by Gasteiger charge is 2.14. The average Bonchev–Trinajstić information content (AvgIpc) is 2.44. The molecular formula is C14H22ClNO4. The van der Waals surface area contributed by atoms with Gasteiger partial charge in [0, 0.05) is 6.04 Å². The molecular weight excluding hydrogens is 282 g/mol. The summed E-state index contributed by atoms with van der Waals surface area (Å²) in [7, 11) is 2.93. The van der Waals surface area contributed by atoms with E-state index in [0.717, 1.165) is 12.0 Å². The number of rotatable bonds is 7. The van der Waals surface area contributed by atoms with Crippen LogP contribution in [0.15, 0.2) is 18.2 Å². The Morgan fingerprint density at radius 3 is 2.55 bits per heavy atom. The van der Waals surface area contributed by atoms with Crippen molar-refractivity contribution in [2.75, 3.05) is 20.8 Å². The van der Waals surface area contributed by atoms with Crippen molar-refractivity contribution in [3.05, 3.63) is 23.8 Å². The summed E-state index contributed by atoms with van der Waals surface area (Å²) in [4.78, 5) is 11.2. The quantitative estimate of drug-likeness (QED) is 0.784. The fourth-order valence-electron chi connectivity index (χ4n) is 1.63. The van der Waals surface area contributed by atoms with E-state index in [0.29, 0.717) is 18.1 Å². The van der Waals surface area contributed by atoms with Crippen molar-refractivity contribution in [2.45, 2.75) is 25.8 Å². The van der Waals surface area contributed by atoms with Crippen molar-refractivity contribution in [1.29, 1.82) is 0 Å². The van der Waals surface area contributed by atoms with Gasteiger partial charge in [0.15, 0.2) is 11.5 Å². The first-order chi connectivity index (χ1) is 9.12. The minimum Gasteiger partial charge on any atom is -0.493 e. The summed E-state index contributed by atoms with van der Waals surface area (Å²) < 4.78 is 15.4. The van der Waals surface area contributed by atoms with E-state index < -0.39 is 6.04 Å². The van der Waals surface area contributed by atoms with Gasteiger partial charge >= 0.3 is 5.97 Å². The topological polar surface area (TPSA) is 70.8 Å². The Kier molecular flexibility index (Phi) is 8.76. The maximum atomic E-state index is 11.2. The lowest BCUT2D eigenvalue weighted by atomic mass is 10.0. The van der Waals surface area contributed by atoms with Crippen molar-refractivity contribution in [1.82, 2.24) is 0 Å². The van der Waals surface area contributed by atoms with Crippen LogP contribution in [-0.4, -0.2) is 26.8 Å². The van der Waals surface area contributed by atoms with Crippen molar-refractivity contribution >= 4 is 18.4 Å². The summed E-state index contributed by atoms with van der Waals surface area (Å²) in [5.41, 5.74) is 6.78. The molecule has 1 aromatic carbocycles. The third-order valence-electron chi connectivity index (χ3n) is 2.69. The van der Waals surface area contributed by atoms with Gasteiger partial charge in [-0.05, 0) is 24.1 Å². The normalized spacial score (nSPS) is 11.2. The van der Waals surface area contributed by atoms with Gasteiger partial charge in [0.05, 0.1) is 27.2 Å². The average molecular weight is 304 g/mol. The number of ether oxygens (including phenoxy) is 3. The van der Waals surface area contributed by atoms with Crippen LogP contribution in [0.5, 0.6) is 11.5 Å². The van der Waals surface area contributed by atoms with Gasteiger partial charge < -0.3 is 19.9 Å². The fourth-order valence-corrected chi connectivity index (χ4v) is 1.63. The van der Waals surface area contributed by atoms with Crippen LogP contribution < -0.4 is 15.2 Å². The molecule has 0 aliphatic heterocycles. The molecule has 0 heterocycles. The van der Waals surface area contributed by atoms with E-state index in [2.05, 4.69) is 4.74 Å². The number of nitrogens with two attached hydrogens (primary N) is 1. The zero-order valence-corrected chi connectivity index (χ0v) is 12.9. The lowest BCUT2D eigenvalue weighted by Gasteiger charge is -2.15. The number of esters is 1. The van der Waals surface area contributed by atoms with Crippen molar-refractivity contribution in [3.8, 4) is 11.5 Å². The van der Waals surface area contributed by atoms with E-state index >= 15 is 0 Å². The second kappa shape index (κ2) is 9.44. The van der Waals surface area contributed by atoms with E-state index in [4.69, 9.17) is 15.2 Å². The molecule has 5 nitrogen and oxygen atoms in total. The zero-order chi connectivity index (χ0) is 14.3. The summed E-state index contributed by atoms with van der Waals surface area (Å²) in [5, 5.41) is 0. The molecule has 0 radical (unpaired) electrons. The predicted molar refractivity (Wildman–Crippen MR) is 79.6 cm³/mol. The first-order valence-corrected chi connectivity index (χ1v) is 6.25. The second-order valence-corrected chi connectivity index (χ2v) is 4.15. The number of carbonyl (C=O) groups is 1. The van der Waals surface area contributed by atoms with E-state index in [-0.39, 0.29) is 24.8 Å². The number of hydrogen-bond donors (Lipinski definition) is 1. The summed E-state index contributed by atoms with van der Waals surface area (Å²) in [6, 6.07) is 5.01. The summed E-state index contributed by atoms with van der Waals surface area (Å²) in [5.74, 6) is 0.962. The molecule has 1 rings (SSSR count). The molecule has 1 unspecified atom stereocenters. The Bertz CT molecular complexity index is 426. The molecule has 0 saturated carbocycles. The van der Waals surface area contributed by atoms with Gasteiger partial charge in [0.25, 0.3) is 0 Å². The third-order valence-corrected chi connectivity index (χ3v) is 2.69. The molecule has 0 fully saturated rings. The van der Waals surface area contributed by atoms with Crippen molar-refractivity contribution < 1.29 is 19.0 Å². The van der Waals surface area contributed by atoms with Crippen LogP contribution in [0.2, 0.25) is 0 Å². The smallest absolute Gasteiger partial charge is 0.307 e. The van der Waals surface area contributed by atoms with Crippen molar-refractivity contribution in [3.63, 3.8) is 0 Å². The van der Waals surface area contributed by atoms with Gasteiger partial charge in [-0.1, -0.05) is 13.0 Å². The first-order valence-electron chi connectivity index (χ1n) is 6.25. The Morgan fingerprint density at radius 1 is 1.30 bits per heavy atom. The molecule has 2 N–H and O–H groups in total. The highest BCUT2D eigenvalue weighted by molar-refractivity contribution is 5.85. The van der Waals surface area contributed by atoms with E-state index in [1.54, 1.807) is 13.2 Å². The van der Waals surface area contributed by atoms with Gasteiger partial charge in [-0.25, -0.2) is 0 Å². The van der Waals surface area contributed by atoms with Gasteiger partial charge in [-0.2, -0.15) is 0 Å². The maximum absolute atomic E-state index is 11.2. The molecule has 0 bridgehead atoms. The Labute approximate surface area is 125 Å². The molecule has 1 aromatic rings. The largest absolute Gasteiger partial charge is 0.493 e. The monoisotopic (exact) mass is 303 g/mol. The third kappa shape index (κ3) is 5.27. The standard InChI is InChI=1S/C14H21NO4.ClH/c1-4-7-19-13-8-10(5-6-12(13)17-2)11(15)9-14(16)18-3;/h5-6,8,11H,4,7,9,15H2,1-3H3;1H. The van der Waals surface area contributed by atoms with Crippen LogP contribution in [0.4, 0.5) is 0 Å². The van der Waals surface area contributed by atoms with E-state index in [9.17, 15) is 4.79 Å². The van der Waals surface area contributed by atoms with E-state index in [1.165, 1.54) is 7.11 Å². The van der Waals surface area contributed by atoms with Gasteiger partial charge in [0.1, 0.15) is 0 Å². The Balaban J connectivity index is 0.00000361. The van der Waals surface area contributed by atoms with Crippen LogP contribution in [0.3, 0.4) is 0 Å². The fraction of sp³-hybridized carbons (Fsp3) is 0.500. The van der Waals surface area contributed by atoms with Crippen LogP contribution in [0, 0.1) is 0 Å². The number of carbonyl (C=O) groups excluding carboxylic acids is 1. The highest BCUT2D eigenvalue weighted by atomic mass is 35.5. The molecule has 1 atom stereocenters. The zero-order valence-electron chi connectivity index (χ0n) is 12.0. The van der Waals surface area contributed by atoms with Gasteiger partial charge in [0.2, 0.25) is 0 Å². The Morgan fingerprint density at radius 2 is 2.00 bits per heavy atom. The maximum Gasteiger partial charge on any atom is 0.307 e. The number of methoxy groups -OCH3 is 2. The molecule has 0 amide bonds. The van der Waals surface area contributed by atoms with Crippen LogP contribution in [0.1, 0.15) is 31.4 Å². The van der Waals surface area contributed by atoms with Crippen LogP contribution >= 0.6 is 12.4 Å². The molecule has 0 saturated heterocycles. The molecule has 0 aromatic heterocycles. The minimum atomic E-state index is -0.415. The molecule has 0 aliphatic rings. The Hall–Kier alpha value is -1.46. The number of benzene rings is 1. The SMILES string of the molecule is CCCOc1cc(C(N)CC(=O)OC)ccc1OC.Cl. The number of halogens is 1. The lowest BCUT2D eigenvalue weighted by molar-refractivity contribution is -0.141. The van der Waals surface area contributed by atoms with Crippen LogP contribution in [-0.2, 0) is 9.53 Å². The molecule has 6 heteroatoms. The lowest BCUT2D eigenvalue weighted by Crippen LogP contribution is -2.16.